The van der Waals surface area contributed by atoms with Crippen LogP contribution in [0.5, 0.6) is 11.5 Å². The topological polar surface area (TPSA) is 38.7 Å². The van der Waals surface area contributed by atoms with E-state index in [0.717, 1.165) is 12.1 Å². The number of benzene rings is 1. The van der Waals surface area contributed by atoms with Crippen molar-refractivity contribution >= 4 is 0 Å². The van der Waals surface area contributed by atoms with E-state index in [4.69, 9.17) is 9.84 Å². The monoisotopic (exact) mass is 204 g/mol. The van der Waals surface area contributed by atoms with Gasteiger partial charge in [-0.2, -0.15) is 0 Å². The molecule has 1 aromatic rings. The second-order valence-corrected chi connectivity index (χ2v) is 2.58. The van der Waals surface area contributed by atoms with Crippen molar-refractivity contribution in [2.45, 2.75) is 0 Å². The van der Waals surface area contributed by atoms with E-state index in [-0.39, 0.29) is 13.2 Å². The van der Waals surface area contributed by atoms with Crippen molar-refractivity contribution in [2.24, 2.45) is 0 Å². The molecule has 0 saturated heterocycles. The summed E-state index contributed by atoms with van der Waals surface area (Å²) >= 11 is 0. The van der Waals surface area contributed by atoms with Crippen LogP contribution in [0.25, 0.3) is 0 Å². The van der Waals surface area contributed by atoms with Gasteiger partial charge in [0.05, 0.1) is 6.61 Å². The van der Waals surface area contributed by atoms with Gasteiger partial charge in [0.1, 0.15) is 12.4 Å². The molecule has 0 radical (unpaired) electrons. The van der Waals surface area contributed by atoms with Crippen LogP contribution in [0.3, 0.4) is 0 Å². The molecule has 0 spiro atoms. The summed E-state index contributed by atoms with van der Waals surface area (Å²) in [6.07, 6.45) is 0. The van der Waals surface area contributed by atoms with Gasteiger partial charge in [0, 0.05) is 19.2 Å². The summed E-state index contributed by atoms with van der Waals surface area (Å²) in [5, 5.41) is 8.83. The Hall–Kier alpha value is -1.36. The van der Waals surface area contributed by atoms with Crippen LogP contribution in [0, 0.1) is 11.6 Å². The Labute approximate surface area is 79.9 Å². The van der Waals surface area contributed by atoms with Crippen molar-refractivity contribution in [3.63, 3.8) is 0 Å². The van der Waals surface area contributed by atoms with Crippen molar-refractivity contribution in [3.05, 3.63) is 23.8 Å². The van der Waals surface area contributed by atoms with Gasteiger partial charge in [-0.25, -0.2) is 8.78 Å². The number of ether oxygens (including phenoxy) is 2. The maximum absolute atomic E-state index is 13.0. The molecule has 0 aliphatic rings. The molecule has 0 unspecified atom stereocenters. The summed E-state index contributed by atoms with van der Waals surface area (Å²) in [5.41, 5.74) is 0. The zero-order valence-electron chi connectivity index (χ0n) is 7.59. The molecule has 0 amide bonds. The first kappa shape index (κ1) is 10.7. The fourth-order valence-corrected chi connectivity index (χ4v) is 0.911. The highest BCUT2D eigenvalue weighted by atomic mass is 19.1. The van der Waals surface area contributed by atoms with Crippen LogP contribution < -0.4 is 4.74 Å². The normalized spacial score (nSPS) is 10.2. The van der Waals surface area contributed by atoms with E-state index >= 15 is 0 Å². The highest BCUT2D eigenvalue weighted by Crippen LogP contribution is 2.25. The molecular weight excluding hydrogens is 194 g/mol. The maximum atomic E-state index is 13.0. The van der Waals surface area contributed by atoms with Gasteiger partial charge in [-0.15, -0.1) is 0 Å². The van der Waals surface area contributed by atoms with Gasteiger partial charge >= 0.3 is 0 Å². The lowest BCUT2D eigenvalue weighted by Gasteiger charge is -2.07. The predicted octanol–water partition coefficient (Wildman–Crippen LogP) is 1.70. The van der Waals surface area contributed by atoms with E-state index in [1.165, 1.54) is 7.11 Å². The van der Waals surface area contributed by atoms with E-state index in [0.29, 0.717) is 0 Å². The molecule has 0 saturated carbocycles. The summed E-state index contributed by atoms with van der Waals surface area (Å²) in [4.78, 5) is 0. The summed E-state index contributed by atoms with van der Waals surface area (Å²) in [7, 11) is 1.45. The van der Waals surface area contributed by atoms with Crippen molar-refractivity contribution in [3.8, 4) is 11.5 Å². The molecule has 1 N–H and O–H groups in total. The molecule has 1 rings (SSSR count). The number of phenolic OH excluding ortho intramolecular Hbond substituents is 1. The molecule has 0 bridgehead atoms. The van der Waals surface area contributed by atoms with Crippen LogP contribution in [-0.4, -0.2) is 25.4 Å². The molecule has 14 heavy (non-hydrogen) atoms. The molecule has 0 fully saturated rings. The average molecular weight is 204 g/mol. The van der Waals surface area contributed by atoms with Gasteiger partial charge in [0.2, 0.25) is 0 Å². The third-order valence-corrected chi connectivity index (χ3v) is 1.52. The van der Waals surface area contributed by atoms with Crippen LogP contribution in [0.15, 0.2) is 12.1 Å². The Morgan fingerprint density at radius 2 is 1.79 bits per heavy atom. The van der Waals surface area contributed by atoms with Gasteiger partial charge in [-0.05, 0) is 0 Å². The Kier molecular flexibility index (Phi) is 3.64. The lowest BCUT2D eigenvalue weighted by Crippen LogP contribution is -2.06. The van der Waals surface area contributed by atoms with E-state index in [2.05, 4.69) is 4.74 Å². The highest BCUT2D eigenvalue weighted by molar-refractivity contribution is 5.33. The maximum Gasteiger partial charge on any atom is 0.191 e. The zero-order chi connectivity index (χ0) is 10.6. The fraction of sp³-hybridized carbons (Fsp3) is 0.333. The van der Waals surface area contributed by atoms with Crippen molar-refractivity contribution in [1.29, 1.82) is 0 Å². The van der Waals surface area contributed by atoms with Crippen molar-refractivity contribution < 1.29 is 23.4 Å². The molecule has 78 valence electrons. The van der Waals surface area contributed by atoms with Crippen LogP contribution in [0.4, 0.5) is 8.78 Å². The molecule has 0 aromatic heterocycles. The third-order valence-electron chi connectivity index (χ3n) is 1.52. The van der Waals surface area contributed by atoms with Crippen molar-refractivity contribution in [1.82, 2.24) is 0 Å². The molecule has 0 heterocycles. The second-order valence-electron chi connectivity index (χ2n) is 2.58. The molecule has 0 aliphatic heterocycles. The van der Waals surface area contributed by atoms with E-state index < -0.39 is 23.1 Å². The number of halogens is 2. The first-order chi connectivity index (χ1) is 6.65. The quantitative estimate of drug-likeness (QED) is 0.758. The predicted molar refractivity (Wildman–Crippen MR) is 45.4 cm³/mol. The van der Waals surface area contributed by atoms with Gasteiger partial charge in [-0.1, -0.05) is 0 Å². The Morgan fingerprint density at radius 3 is 2.29 bits per heavy atom. The average Bonchev–Trinajstić information content (AvgIpc) is 2.09. The first-order valence-electron chi connectivity index (χ1n) is 3.95. The van der Waals surface area contributed by atoms with Gasteiger partial charge in [0.25, 0.3) is 0 Å². The molecule has 0 atom stereocenters. The standard InChI is InChI=1S/C9H10F2O3/c1-13-2-3-14-9-7(10)4-6(12)5-8(9)11/h4-5,12H,2-3H2,1H3. The molecule has 3 nitrogen and oxygen atoms in total. The minimum absolute atomic E-state index is 0.0507. The summed E-state index contributed by atoms with van der Waals surface area (Å²) in [6, 6.07) is 1.57. The minimum atomic E-state index is -0.932. The Morgan fingerprint density at radius 1 is 1.21 bits per heavy atom. The zero-order valence-corrected chi connectivity index (χ0v) is 7.59. The Bertz CT molecular complexity index is 292. The third kappa shape index (κ3) is 2.56. The van der Waals surface area contributed by atoms with E-state index in [9.17, 15) is 8.78 Å². The van der Waals surface area contributed by atoms with Crippen molar-refractivity contribution in [2.75, 3.05) is 20.3 Å². The molecule has 5 heteroatoms. The molecule has 0 aliphatic carbocycles. The van der Waals surface area contributed by atoms with E-state index in [1.807, 2.05) is 0 Å². The Balaban J connectivity index is 2.75. The summed E-state index contributed by atoms with van der Waals surface area (Å²) in [6.45, 7) is 0.287. The smallest absolute Gasteiger partial charge is 0.191 e. The second kappa shape index (κ2) is 4.76. The number of aromatic hydroxyl groups is 1. The van der Waals surface area contributed by atoms with E-state index in [1.54, 1.807) is 0 Å². The van der Waals surface area contributed by atoms with Gasteiger partial charge in [0.15, 0.2) is 17.4 Å². The van der Waals surface area contributed by atoms with Crippen LogP contribution in [-0.2, 0) is 4.74 Å². The number of hydrogen-bond acceptors (Lipinski definition) is 3. The molecular formula is C9H10F2O3. The highest BCUT2D eigenvalue weighted by Gasteiger charge is 2.11. The van der Waals surface area contributed by atoms with Crippen LogP contribution in [0.2, 0.25) is 0 Å². The number of rotatable bonds is 4. The number of methoxy groups -OCH3 is 1. The van der Waals surface area contributed by atoms with Crippen LogP contribution in [0.1, 0.15) is 0 Å². The summed E-state index contributed by atoms with van der Waals surface area (Å²) < 4.78 is 35.4. The largest absolute Gasteiger partial charge is 0.508 e. The SMILES string of the molecule is COCCOc1c(F)cc(O)cc1F. The lowest BCUT2D eigenvalue weighted by molar-refractivity contribution is 0.141. The summed E-state index contributed by atoms with van der Waals surface area (Å²) in [5.74, 6) is -2.84. The number of phenols is 1. The first-order valence-corrected chi connectivity index (χ1v) is 3.95. The lowest BCUT2D eigenvalue weighted by atomic mass is 10.3. The minimum Gasteiger partial charge on any atom is -0.508 e. The molecule has 1 aromatic carbocycles. The fourth-order valence-electron chi connectivity index (χ4n) is 0.911. The van der Waals surface area contributed by atoms with Gasteiger partial charge < -0.3 is 14.6 Å². The number of hydrogen-bond donors (Lipinski definition) is 1. The van der Waals surface area contributed by atoms with Gasteiger partial charge in [-0.3, -0.25) is 0 Å². The van der Waals surface area contributed by atoms with Crippen LogP contribution >= 0.6 is 0 Å².